The minimum atomic E-state index is -0.333. The zero-order valence-corrected chi connectivity index (χ0v) is 17.6. The molecule has 2 aromatic rings. The molecular formula is C21H32N6O2. The molecular weight excluding hydrogens is 368 g/mol. The number of fused-ring (bicyclic) bond motifs is 1. The Hall–Kier alpha value is -2.77. The van der Waals surface area contributed by atoms with Gasteiger partial charge in [0.1, 0.15) is 12.1 Å². The van der Waals surface area contributed by atoms with Crippen molar-refractivity contribution in [3.63, 3.8) is 0 Å². The van der Waals surface area contributed by atoms with E-state index in [0.717, 1.165) is 24.2 Å². The first-order valence-electron chi connectivity index (χ1n) is 10.2. The highest BCUT2D eigenvalue weighted by molar-refractivity contribution is 5.72. The van der Waals surface area contributed by atoms with Gasteiger partial charge in [0.15, 0.2) is 0 Å². The first-order valence-corrected chi connectivity index (χ1v) is 10.2. The number of hydrogen-bond acceptors (Lipinski definition) is 5. The third-order valence-corrected chi connectivity index (χ3v) is 4.82. The van der Waals surface area contributed by atoms with Crippen molar-refractivity contribution in [3.05, 3.63) is 24.3 Å². The zero-order valence-electron chi connectivity index (χ0n) is 17.6. The van der Waals surface area contributed by atoms with Crippen LogP contribution in [0.15, 0.2) is 18.6 Å². The zero-order chi connectivity index (χ0) is 21.3. The molecule has 2 aromatic heterocycles. The van der Waals surface area contributed by atoms with E-state index >= 15 is 0 Å². The molecule has 158 valence electrons. The highest BCUT2D eigenvalue weighted by atomic mass is 16.1. The van der Waals surface area contributed by atoms with Crippen LogP contribution in [0.1, 0.15) is 65.0 Å². The van der Waals surface area contributed by atoms with Crippen molar-refractivity contribution in [1.29, 1.82) is 0 Å². The molecule has 8 heteroatoms. The SMILES string of the molecule is C1CCCCC1.CC(N)=O.CC1(C)Cc2c(-c3cc(NC=O)ncn3)cnn2C1. The number of aromatic nitrogens is 4. The van der Waals surface area contributed by atoms with Gasteiger partial charge in [0, 0.05) is 30.8 Å². The second-order valence-electron chi connectivity index (χ2n) is 8.29. The van der Waals surface area contributed by atoms with Gasteiger partial charge in [-0.2, -0.15) is 5.10 Å². The summed E-state index contributed by atoms with van der Waals surface area (Å²) in [6.07, 6.45) is 13.9. The summed E-state index contributed by atoms with van der Waals surface area (Å²) in [6, 6.07) is 1.76. The molecule has 1 saturated carbocycles. The van der Waals surface area contributed by atoms with Crippen molar-refractivity contribution in [3.8, 4) is 11.3 Å². The van der Waals surface area contributed by atoms with E-state index in [9.17, 15) is 9.59 Å². The monoisotopic (exact) mass is 400 g/mol. The first-order chi connectivity index (χ1) is 13.8. The summed E-state index contributed by atoms with van der Waals surface area (Å²) in [5.41, 5.74) is 7.70. The predicted molar refractivity (Wildman–Crippen MR) is 113 cm³/mol. The fourth-order valence-electron chi connectivity index (χ4n) is 3.57. The summed E-state index contributed by atoms with van der Waals surface area (Å²) in [4.78, 5) is 27.9. The molecule has 1 aliphatic heterocycles. The van der Waals surface area contributed by atoms with Crippen LogP contribution in [0, 0.1) is 5.41 Å². The number of anilines is 1. The molecule has 8 nitrogen and oxygen atoms in total. The Kier molecular flexibility index (Phi) is 8.30. The maximum atomic E-state index is 10.5. The third-order valence-electron chi connectivity index (χ3n) is 4.82. The number of primary amides is 1. The Bertz CT molecular complexity index is 796. The second-order valence-corrected chi connectivity index (χ2v) is 8.29. The van der Waals surface area contributed by atoms with Gasteiger partial charge in [0.2, 0.25) is 12.3 Å². The Labute approximate surface area is 172 Å². The lowest BCUT2D eigenvalue weighted by molar-refractivity contribution is -0.116. The summed E-state index contributed by atoms with van der Waals surface area (Å²) in [5.74, 6) is 0.164. The normalized spacial score (nSPS) is 16.4. The van der Waals surface area contributed by atoms with Crippen LogP contribution in [0.5, 0.6) is 0 Å². The Morgan fingerprint density at radius 1 is 1.17 bits per heavy atom. The largest absolute Gasteiger partial charge is 0.370 e. The van der Waals surface area contributed by atoms with E-state index in [4.69, 9.17) is 0 Å². The van der Waals surface area contributed by atoms with Gasteiger partial charge >= 0.3 is 0 Å². The molecule has 0 saturated heterocycles. The fourth-order valence-corrected chi connectivity index (χ4v) is 3.57. The molecule has 0 atom stereocenters. The van der Waals surface area contributed by atoms with Gasteiger partial charge in [-0.05, 0) is 11.8 Å². The summed E-state index contributed by atoms with van der Waals surface area (Å²) in [5, 5.41) is 6.95. The van der Waals surface area contributed by atoms with Crippen molar-refractivity contribution < 1.29 is 9.59 Å². The van der Waals surface area contributed by atoms with Crippen LogP contribution in [0.3, 0.4) is 0 Å². The average molecular weight is 401 g/mol. The number of rotatable bonds is 3. The highest BCUT2D eigenvalue weighted by Gasteiger charge is 2.31. The van der Waals surface area contributed by atoms with Gasteiger partial charge in [-0.25, -0.2) is 9.97 Å². The van der Waals surface area contributed by atoms with Crippen LogP contribution in [0.4, 0.5) is 5.82 Å². The van der Waals surface area contributed by atoms with E-state index in [1.165, 1.54) is 57.5 Å². The minimum Gasteiger partial charge on any atom is -0.370 e. The van der Waals surface area contributed by atoms with E-state index in [1.54, 1.807) is 6.07 Å². The molecule has 3 heterocycles. The van der Waals surface area contributed by atoms with Crippen LogP contribution in [-0.4, -0.2) is 32.1 Å². The third kappa shape index (κ3) is 7.29. The molecule has 4 rings (SSSR count). The van der Waals surface area contributed by atoms with E-state index in [0.29, 0.717) is 12.2 Å². The second kappa shape index (κ2) is 10.7. The van der Waals surface area contributed by atoms with Gasteiger partial charge in [-0.1, -0.05) is 52.4 Å². The fraction of sp³-hybridized carbons (Fsp3) is 0.571. The maximum Gasteiger partial charge on any atom is 0.214 e. The molecule has 2 aliphatic rings. The predicted octanol–water partition coefficient (Wildman–Crippen LogP) is 3.32. The van der Waals surface area contributed by atoms with E-state index in [2.05, 4.69) is 40.0 Å². The van der Waals surface area contributed by atoms with Gasteiger partial charge < -0.3 is 11.1 Å². The average Bonchev–Trinajstić information content (AvgIpc) is 3.19. The highest BCUT2D eigenvalue weighted by Crippen LogP contribution is 2.36. The standard InChI is InChI=1S/C13H15N5O.C6H12.C2H5NO/c1-13(2)4-11-9(5-17-18(11)6-13)10-3-12(16-8-19)15-7-14-10;1-2-4-6-5-3-1;1-2(3)4/h3,5,7-8H,4,6H2,1-2H3,(H,14,15,16,19);1-6H2;1H3,(H2,3,4). The number of nitrogens with one attached hydrogen (secondary N) is 1. The van der Waals surface area contributed by atoms with Gasteiger partial charge in [0.25, 0.3) is 0 Å². The Balaban J connectivity index is 0.000000248. The quantitative estimate of drug-likeness (QED) is 0.767. The van der Waals surface area contributed by atoms with Crippen molar-refractivity contribution in [2.75, 3.05) is 5.32 Å². The summed E-state index contributed by atoms with van der Waals surface area (Å²) < 4.78 is 2.03. The molecule has 0 aromatic carbocycles. The lowest BCUT2D eigenvalue weighted by Gasteiger charge is -2.14. The minimum absolute atomic E-state index is 0.231. The molecule has 1 fully saturated rings. The number of hydrogen-bond donors (Lipinski definition) is 2. The Morgan fingerprint density at radius 2 is 1.76 bits per heavy atom. The topological polar surface area (TPSA) is 116 Å². The van der Waals surface area contributed by atoms with Crippen LogP contribution >= 0.6 is 0 Å². The summed E-state index contributed by atoms with van der Waals surface area (Å²) >= 11 is 0. The van der Waals surface area contributed by atoms with Gasteiger partial charge in [-0.3, -0.25) is 14.3 Å². The lowest BCUT2D eigenvalue weighted by atomic mass is 9.90. The van der Waals surface area contributed by atoms with Crippen molar-refractivity contribution in [2.45, 2.75) is 72.3 Å². The molecule has 0 radical (unpaired) electrons. The number of nitrogens with zero attached hydrogens (tertiary/aromatic N) is 4. The van der Waals surface area contributed by atoms with Crippen LogP contribution in [-0.2, 0) is 22.6 Å². The van der Waals surface area contributed by atoms with Crippen LogP contribution < -0.4 is 11.1 Å². The number of carbonyl (C=O) groups excluding carboxylic acids is 2. The van der Waals surface area contributed by atoms with Crippen molar-refractivity contribution >= 4 is 18.1 Å². The summed E-state index contributed by atoms with van der Waals surface area (Å²) in [7, 11) is 0. The van der Waals surface area contributed by atoms with E-state index < -0.39 is 0 Å². The molecule has 2 amide bonds. The molecule has 0 unspecified atom stereocenters. The van der Waals surface area contributed by atoms with Crippen molar-refractivity contribution in [1.82, 2.24) is 19.7 Å². The smallest absolute Gasteiger partial charge is 0.214 e. The number of carbonyl (C=O) groups is 2. The van der Waals surface area contributed by atoms with E-state index in [1.807, 2.05) is 10.9 Å². The van der Waals surface area contributed by atoms with Crippen LogP contribution in [0.25, 0.3) is 11.3 Å². The summed E-state index contributed by atoms with van der Waals surface area (Å²) in [6.45, 7) is 6.68. The van der Waals surface area contributed by atoms with E-state index in [-0.39, 0.29) is 11.3 Å². The van der Waals surface area contributed by atoms with Gasteiger partial charge in [-0.15, -0.1) is 0 Å². The lowest BCUT2D eigenvalue weighted by Crippen LogP contribution is -2.12. The van der Waals surface area contributed by atoms with Crippen molar-refractivity contribution in [2.24, 2.45) is 11.1 Å². The van der Waals surface area contributed by atoms with Gasteiger partial charge in [0.05, 0.1) is 11.9 Å². The molecule has 0 spiro atoms. The number of nitrogens with two attached hydrogens (primary N) is 1. The first kappa shape index (κ1) is 22.5. The Morgan fingerprint density at radius 3 is 2.31 bits per heavy atom. The molecule has 29 heavy (non-hydrogen) atoms. The molecule has 0 bridgehead atoms. The maximum absolute atomic E-state index is 10.5. The van der Waals surface area contributed by atoms with Crippen LogP contribution in [0.2, 0.25) is 0 Å². The molecule has 1 aliphatic carbocycles. The molecule has 3 N–H and O–H groups in total. The number of amides is 2.